The molecule has 1 aliphatic rings. The zero-order valence-electron chi connectivity index (χ0n) is 16.0. The summed E-state index contributed by atoms with van der Waals surface area (Å²) in [7, 11) is 0.377. The van der Waals surface area contributed by atoms with Crippen LogP contribution in [0.2, 0.25) is 0 Å². The van der Waals surface area contributed by atoms with Gasteiger partial charge in [0, 0.05) is 12.6 Å². The average Bonchev–Trinajstić information content (AvgIpc) is 3.19. The number of aromatic nitrogens is 1. The van der Waals surface area contributed by atoms with E-state index in [4.69, 9.17) is 0 Å². The summed E-state index contributed by atoms with van der Waals surface area (Å²) >= 11 is 0. The minimum absolute atomic E-state index is 0.107. The Hall–Kier alpha value is -2.15. The number of rotatable bonds is 6. The van der Waals surface area contributed by atoms with Gasteiger partial charge in [-0.05, 0) is 49.9 Å². The van der Waals surface area contributed by atoms with Crippen LogP contribution in [0.3, 0.4) is 0 Å². The van der Waals surface area contributed by atoms with Gasteiger partial charge >= 0.3 is 0 Å². The van der Waals surface area contributed by atoms with Crippen molar-refractivity contribution < 1.29 is 8.60 Å². The maximum absolute atomic E-state index is 14.4. The summed E-state index contributed by atoms with van der Waals surface area (Å²) in [5.74, 6) is 0.0188. The summed E-state index contributed by atoms with van der Waals surface area (Å²) in [6.45, 7) is 3.68. The molecule has 0 spiro atoms. The van der Waals surface area contributed by atoms with Crippen LogP contribution in [0.1, 0.15) is 43.7 Å². The fourth-order valence-electron chi connectivity index (χ4n) is 3.42. The second-order valence-corrected chi connectivity index (χ2v) is 8.52. The molecule has 1 aromatic carbocycles. The van der Waals surface area contributed by atoms with Crippen LogP contribution >= 0.6 is 0 Å². The summed E-state index contributed by atoms with van der Waals surface area (Å²) in [5, 5.41) is 3.12. The zero-order valence-corrected chi connectivity index (χ0v) is 16.8. The second kappa shape index (κ2) is 8.25. The molecule has 3 rings (SSSR count). The van der Waals surface area contributed by atoms with Gasteiger partial charge in [-0.1, -0.05) is 25.8 Å². The lowest BCUT2D eigenvalue weighted by molar-refractivity contribution is 0.629. The fraction of sp³-hybridized carbons (Fsp3) is 0.450. The molecule has 27 heavy (non-hydrogen) atoms. The molecule has 5 nitrogen and oxygen atoms in total. The molecule has 2 N–H and O–H groups in total. The summed E-state index contributed by atoms with van der Waals surface area (Å²) in [5.41, 5.74) is 2.08. The maximum atomic E-state index is 14.4. The zero-order chi connectivity index (χ0) is 19.6. The first kappa shape index (κ1) is 19.6. The molecule has 1 saturated carbocycles. The van der Waals surface area contributed by atoms with E-state index >= 15 is 0 Å². The molecule has 146 valence electrons. The van der Waals surface area contributed by atoms with E-state index < -0.39 is 11.0 Å². The van der Waals surface area contributed by atoms with Gasteiger partial charge in [0.25, 0.3) is 5.56 Å². The van der Waals surface area contributed by atoms with Crippen LogP contribution in [-0.4, -0.2) is 14.0 Å². The number of pyridine rings is 1. The summed E-state index contributed by atoms with van der Waals surface area (Å²) in [6.07, 6.45) is 4.78. The molecule has 1 unspecified atom stereocenters. The smallest absolute Gasteiger partial charge is 0.254 e. The number of hydrogen-bond donors (Lipinski definition) is 2. The largest absolute Gasteiger partial charge is 0.337 e. The summed E-state index contributed by atoms with van der Waals surface area (Å²) < 4.78 is 31.6. The Morgan fingerprint density at radius 3 is 2.56 bits per heavy atom. The third-order valence-corrected chi connectivity index (χ3v) is 6.60. The number of benzene rings is 1. The average molecular weight is 392 g/mol. The van der Waals surface area contributed by atoms with E-state index in [0.29, 0.717) is 17.1 Å². The number of halogens is 1. The van der Waals surface area contributed by atoms with Gasteiger partial charge in [-0.3, -0.25) is 9.36 Å². The topological polar surface area (TPSA) is 63.1 Å². The van der Waals surface area contributed by atoms with Crippen LogP contribution in [0.5, 0.6) is 0 Å². The van der Waals surface area contributed by atoms with E-state index in [1.54, 1.807) is 26.1 Å². The highest BCUT2D eigenvalue weighted by molar-refractivity contribution is 7.87. The Morgan fingerprint density at radius 2 is 1.93 bits per heavy atom. The molecular formula is C20H26FN3O2S. The highest BCUT2D eigenvalue weighted by Gasteiger charge is 2.23. The first-order chi connectivity index (χ1) is 12.9. The van der Waals surface area contributed by atoms with Gasteiger partial charge < -0.3 is 10.0 Å². The van der Waals surface area contributed by atoms with Crippen molar-refractivity contribution in [3.8, 4) is 0 Å². The van der Waals surface area contributed by atoms with Crippen LogP contribution in [-0.2, 0) is 24.5 Å². The molecular weight excluding hydrogens is 365 g/mol. The Balaban J connectivity index is 1.96. The highest BCUT2D eigenvalue weighted by atomic mass is 32.2. The van der Waals surface area contributed by atoms with Crippen molar-refractivity contribution in [1.29, 1.82) is 0 Å². The molecule has 2 aromatic rings. The van der Waals surface area contributed by atoms with Crippen LogP contribution in [0.4, 0.5) is 21.6 Å². The van der Waals surface area contributed by atoms with Crippen molar-refractivity contribution in [2.24, 2.45) is 7.05 Å². The lowest BCUT2D eigenvalue weighted by Gasteiger charge is -2.19. The summed E-state index contributed by atoms with van der Waals surface area (Å²) in [6, 6.07) is 6.67. The number of nitrogens with one attached hydrogen (secondary N) is 2. The number of anilines is 3. The molecule has 1 fully saturated rings. The molecule has 7 heteroatoms. The van der Waals surface area contributed by atoms with Crippen molar-refractivity contribution >= 4 is 28.2 Å². The van der Waals surface area contributed by atoms with Crippen LogP contribution < -0.4 is 15.6 Å². The van der Waals surface area contributed by atoms with Crippen molar-refractivity contribution in [1.82, 2.24) is 4.57 Å². The van der Waals surface area contributed by atoms with Gasteiger partial charge in [-0.15, -0.1) is 0 Å². The Bertz CT molecular complexity index is 920. The van der Waals surface area contributed by atoms with E-state index in [1.165, 1.54) is 10.6 Å². The predicted octanol–water partition coefficient (Wildman–Crippen LogP) is 4.16. The standard InChI is InChI=1S/C20H26FN3O2S/c1-4-14-9-10-17(16(21)12-14)22-19-18(11-13(2)20(25)24(19)3)23-27(26)15-7-5-6-8-15/h9-12,15,22-23H,4-8H2,1-3H3. The normalized spacial score (nSPS) is 15.7. The highest BCUT2D eigenvalue weighted by Crippen LogP contribution is 2.29. The molecule has 1 aliphatic carbocycles. The molecule has 0 saturated heterocycles. The number of aryl methyl sites for hydroxylation is 2. The Kier molecular flexibility index (Phi) is 5.99. The van der Waals surface area contributed by atoms with E-state index in [1.807, 2.05) is 13.0 Å². The molecule has 1 heterocycles. The van der Waals surface area contributed by atoms with Crippen molar-refractivity contribution in [2.45, 2.75) is 51.2 Å². The SMILES string of the molecule is CCc1ccc(Nc2c(NS(=O)C3CCCC3)cc(C)c(=O)n2C)c(F)c1. The summed E-state index contributed by atoms with van der Waals surface area (Å²) in [4.78, 5) is 12.4. The van der Waals surface area contributed by atoms with Gasteiger partial charge in [-0.2, -0.15) is 0 Å². The van der Waals surface area contributed by atoms with E-state index in [0.717, 1.165) is 37.7 Å². The maximum Gasteiger partial charge on any atom is 0.254 e. The lowest BCUT2D eigenvalue weighted by atomic mass is 10.1. The van der Waals surface area contributed by atoms with E-state index in [-0.39, 0.29) is 22.3 Å². The molecule has 1 atom stereocenters. The monoisotopic (exact) mass is 391 g/mol. The third kappa shape index (κ3) is 4.24. The van der Waals surface area contributed by atoms with Gasteiger partial charge in [0.1, 0.15) is 22.6 Å². The van der Waals surface area contributed by atoms with Gasteiger partial charge in [0.15, 0.2) is 0 Å². The molecule has 0 amide bonds. The van der Waals surface area contributed by atoms with Crippen LogP contribution in [0, 0.1) is 12.7 Å². The van der Waals surface area contributed by atoms with Crippen LogP contribution in [0.25, 0.3) is 0 Å². The third-order valence-electron chi connectivity index (χ3n) is 5.10. The first-order valence-electron chi connectivity index (χ1n) is 9.34. The Morgan fingerprint density at radius 1 is 1.22 bits per heavy atom. The number of hydrogen-bond acceptors (Lipinski definition) is 3. The minimum atomic E-state index is -1.25. The molecule has 0 radical (unpaired) electrons. The first-order valence-corrected chi connectivity index (χ1v) is 10.5. The molecule has 1 aromatic heterocycles. The van der Waals surface area contributed by atoms with Gasteiger partial charge in [-0.25, -0.2) is 8.60 Å². The van der Waals surface area contributed by atoms with E-state index in [2.05, 4.69) is 10.0 Å². The molecule has 0 bridgehead atoms. The van der Waals surface area contributed by atoms with Gasteiger partial charge in [0.2, 0.25) is 0 Å². The molecule has 0 aliphatic heterocycles. The quantitative estimate of drug-likeness (QED) is 0.777. The lowest BCUT2D eigenvalue weighted by Crippen LogP contribution is -2.25. The fourth-order valence-corrected chi connectivity index (χ4v) is 4.72. The van der Waals surface area contributed by atoms with Crippen molar-refractivity contribution in [2.75, 3.05) is 10.0 Å². The van der Waals surface area contributed by atoms with Crippen molar-refractivity contribution in [3.63, 3.8) is 0 Å². The van der Waals surface area contributed by atoms with Crippen LogP contribution in [0.15, 0.2) is 29.1 Å². The number of nitrogens with zero attached hydrogens (tertiary/aromatic N) is 1. The Labute approximate surface area is 161 Å². The van der Waals surface area contributed by atoms with Crippen molar-refractivity contribution in [3.05, 3.63) is 51.6 Å². The minimum Gasteiger partial charge on any atom is -0.337 e. The predicted molar refractivity (Wildman–Crippen MR) is 110 cm³/mol. The van der Waals surface area contributed by atoms with E-state index in [9.17, 15) is 13.4 Å². The van der Waals surface area contributed by atoms with Gasteiger partial charge in [0.05, 0.1) is 16.6 Å². The second-order valence-electron chi connectivity index (χ2n) is 7.05.